The molecule has 0 saturated heterocycles. The van der Waals surface area contributed by atoms with E-state index in [0.717, 1.165) is 28.4 Å². The molecule has 24 heavy (non-hydrogen) atoms. The number of ether oxygens (including phenoxy) is 2. The molecule has 3 N–H and O–H groups in total. The largest absolute Gasteiger partial charge is 0.486 e. The van der Waals surface area contributed by atoms with E-state index in [2.05, 4.69) is 10.3 Å². The number of anilines is 1. The zero-order valence-corrected chi connectivity index (χ0v) is 12.9. The summed E-state index contributed by atoms with van der Waals surface area (Å²) in [5, 5.41) is 2.72. The van der Waals surface area contributed by atoms with Gasteiger partial charge in [-0.05, 0) is 30.3 Å². The van der Waals surface area contributed by atoms with Gasteiger partial charge < -0.3 is 24.9 Å². The lowest BCUT2D eigenvalue weighted by Gasteiger charge is -2.18. The molecule has 3 aromatic rings. The second-order valence-electron chi connectivity index (χ2n) is 5.42. The zero-order valence-electron chi connectivity index (χ0n) is 12.9. The molecule has 0 spiro atoms. The van der Waals surface area contributed by atoms with Gasteiger partial charge in [0.25, 0.3) is 0 Å². The fraction of sp³-hybridized carbons (Fsp3) is 0.176. The van der Waals surface area contributed by atoms with Gasteiger partial charge in [-0.2, -0.15) is 0 Å². The fourth-order valence-corrected chi connectivity index (χ4v) is 2.62. The summed E-state index contributed by atoms with van der Waals surface area (Å²) in [4.78, 5) is 16.0. The number of rotatable bonds is 3. The van der Waals surface area contributed by atoms with Crippen LogP contribution in [0.5, 0.6) is 11.5 Å². The van der Waals surface area contributed by atoms with Crippen LogP contribution in [0.25, 0.3) is 16.9 Å². The molecule has 4 rings (SSSR count). The van der Waals surface area contributed by atoms with E-state index in [9.17, 15) is 4.79 Å². The van der Waals surface area contributed by atoms with Crippen LogP contribution in [0.4, 0.5) is 5.69 Å². The number of nitrogens with zero attached hydrogens (tertiary/aromatic N) is 2. The molecule has 0 radical (unpaired) electrons. The maximum atomic E-state index is 11.4. The minimum absolute atomic E-state index is 0.0512. The number of hydrogen-bond donors (Lipinski definition) is 2. The van der Waals surface area contributed by atoms with E-state index in [4.69, 9.17) is 15.2 Å². The van der Waals surface area contributed by atoms with Crippen molar-refractivity contribution < 1.29 is 14.3 Å². The van der Waals surface area contributed by atoms with Crippen LogP contribution < -0.4 is 20.5 Å². The summed E-state index contributed by atoms with van der Waals surface area (Å²) < 4.78 is 13.0. The van der Waals surface area contributed by atoms with Crippen LogP contribution in [-0.4, -0.2) is 35.1 Å². The maximum absolute atomic E-state index is 11.4. The molecule has 7 nitrogen and oxygen atoms in total. The average Bonchev–Trinajstić information content (AvgIpc) is 3.04. The van der Waals surface area contributed by atoms with Crippen LogP contribution in [0.2, 0.25) is 0 Å². The summed E-state index contributed by atoms with van der Waals surface area (Å²) in [7, 11) is 0. The standard InChI is InChI=1S/C17H16N4O3/c18-8-17(22)19-12-2-4-16-20-13(10-21(16)9-12)11-1-3-14-15(7-11)24-6-5-23-14/h1-4,7,9-10H,5-6,8,18H2,(H,19,22). The number of imidazole rings is 1. The lowest BCUT2D eigenvalue weighted by Crippen LogP contribution is -2.21. The topological polar surface area (TPSA) is 90.9 Å². The lowest BCUT2D eigenvalue weighted by atomic mass is 10.1. The second kappa shape index (κ2) is 5.86. The molecule has 3 heterocycles. The number of benzene rings is 1. The third-order valence-corrected chi connectivity index (χ3v) is 3.76. The van der Waals surface area contributed by atoms with Gasteiger partial charge in [-0.3, -0.25) is 4.79 Å². The van der Waals surface area contributed by atoms with Gasteiger partial charge in [0.15, 0.2) is 11.5 Å². The number of aromatic nitrogens is 2. The van der Waals surface area contributed by atoms with Crippen LogP contribution in [0.1, 0.15) is 0 Å². The van der Waals surface area contributed by atoms with Gasteiger partial charge in [0.1, 0.15) is 18.9 Å². The van der Waals surface area contributed by atoms with Gasteiger partial charge in [-0.1, -0.05) is 0 Å². The van der Waals surface area contributed by atoms with Gasteiger partial charge in [-0.25, -0.2) is 4.98 Å². The molecule has 1 aliphatic heterocycles. The highest BCUT2D eigenvalue weighted by molar-refractivity contribution is 5.92. The van der Waals surface area contributed by atoms with E-state index in [1.165, 1.54) is 0 Å². The summed E-state index contributed by atoms with van der Waals surface area (Å²) in [5.74, 6) is 1.24. The number of pyridine rings is 1. The van der Waals surface area contributed by atoms with Crippen molar-refractivity contribution in [2.24, 2.45) is 5.73 Å². The molecule has 0 aliphatic carbocycles. The van der Waals surface area contributed by atoms with Gasteiger partial charge in [-0.15, -0.1) is 0 Å². The Morgan fingerprint density at radius 2 is 2.00 bits per heavy atom. The van der Waals surface area contributed by atoms with Crippen LogP contribution in [0.3, 0.4) is 0 Å². The first-order valence-electron chi connectivity index (χ1n) is 7.61. The predicted molar refractivity (Wildman–Crippen MR) is 89.3 cm³/mol. The summed E-state index contributed by atoms with van der Waals surface area (Å²) in [6.07, 6.45) is 3.70. The quantitative estimate of drug-likeness (QED) is 0.765. The normalized spacial score (nSPS) is 13.0. The van der Waals surface area contributed by atoms with Crippen molar-refractivity contribution in [2.45, 2.75) is 0 Å². The summed E-state index contributed by atoms with van der Waals surface area (Å²) in [6, 6.07) is 9.40. The molecule has 0 fully saturated rings. The van der Waals surface area contributed by atoms with Crippen molar-refractivity contribution in [1.82, 2.24) is 9.38 Å². The first-order valence-corrected chi connectivity index (χ1v) is 7.61. The van der Waals surface area contributed by atoms with E-state index in [1.54, 1.807) is 12.3 Å². The van der Waals surface area contributed by atoms with Gasteiger partial charge in [0.2, 0.25) is 5.91 Å². The first kappa shape index (κ1) is 14.5. The minimum Gasteiger partial charge on any atom is -0.486 e. The first-order chi connectivity index (χ1) is 11.7. The molecule has 122 valence electrons. The maximum Gasteiger partial charge on any atom is 0.238 e. The smallest absolute Gasteiger partial charge is 0.238 e. The van der Waals surface area contributed by atoms with Gasteiger partial charge in [0.05, 0.1) is 17.9 Å². The summed E-state index contributed by atoms with van der Waals surface area (Å²) >= 11 is 0. The molecule has 2 aromatic heterocycles. The highest BCUT2D eigenvalue weighted by Gasteiger charge is 2.14. The Hall–Kier alpha value is -3.06. The Morgan fingerprint density at radius 3 is 2.83 bits per heavy atom. The predicted octanol–water partition coefficient (Wildman–Crippen LogP) is 1.67. The number of carbonyl (C=O) groups excluding carboxylic acids is 1. The molecule has 1 aromatic carbocycles. The van der Waals surface area contributed by atoms with Crippen LogP contribution in [0, 0.1) is 0 Å². The van der Waals surface area contributed by atoms with Crippen molar-refractivity contribution in [1.29, 1.82) is 0 Å². The highest BCUT2D eigenvalue weighted by atomic mass is 16.6. The Bertz CT molecular complexity index is 919. The SMILES string of the molecule is NCC(=O)Nc1ccc2nc(-c3ccc4c(c3)OCCO4)cn2c1. The average molecular weight is 324 g/mol. The molecule has 0 atom stereocenters. The number of fused-ring (bicyclic) bond motifs is 2. The fourth-order valence-electron chi connectivity index (χ4n) is 2.62. The molecule has 7 heteroatoms. The molecule has 0 saturated carbocycles. The summed E-state index contributed by atoms with van der Waals surface area (Å²) in [5.41, 5.74) is 8.52. The van der Waals surface area contributed by atoms with E-state index >= 15 is 0 Å². The van der Waals surface area contributed by atoms with Crippen molar-refractivity contribution in [2.75, 3.05) is 25.1 Å². The molecular formula is C17H16N4O3. The molecule has 1 aliphatic rings. The Balaban J connectivity index is 1.68. The summed E-state index contributed by atoms with van der Waals surface area (Å²) in [6.45, 7) is 1.06. The van der Waals surface area contributed by atoms with Crippen molar-refractivity contribution in [3.05, 3.63) is 42.7 Å². The van der Waals surface area contributed by atoms with Gasteiger partial charge in [0, 0.05) is 18.0 Å². The number of carbonyl (C=O) groups is 1. The number of hydrogen-bond acceptors (Lipinski definition) is 5. The highest BCUT2D eigenvalue weighted by Crippen LogP contribution is 2.34. The number of nitrogens with one attached hydrogen (secondary N) is 1. The lowest BCUT2D eigenvalue weighted by molar-refractivity contribution is -0.114. The van der Waals surface area contributed by atoms with E-state index in [1.807, 2.05) is 34.9 Å². The third kappa shape index (κ3) is 2.65. The van der Waals surface area contributed by atoms with E-state index < -0.39 is 0 Å². The van der Waals surface area contributed by atoms with Crippen LogP contribution in [0.15, 0.2) is 42.7 Å². The second-order valence-corrected chi connectivity index (χ2v) is 5.42. The number of nitrogens with two attached hydrogens (primary N) is 1. The van der Waals surface area contributed by atoms with E-state index in [0.29, 0.717) is 18.9 Å². The van der Waals surface area contributed by atoms with Crippen LogP contribution >= 0.6 is 0 Å². The van der Waals surface area contributed by atoms with E-state index in [-0.39, 0.29) is 12.5 Å². The minimum atomic E-state index is -0.235. The Morgan fingerprint density at radius 1 is 1.17 bits per heavy atom. The monoisotopic (exact) mass is 324 g/mol. The van der Waals surface area contributed by atoms with Crippen molar-refractivity contribution in [3.8, 4) is 22.8 Å². The Labute approximate surface area is 138 Å². The van der Waals surface area contributed by atoms with Crippen molar-refractivity contribution in [3.63, 3.8) is 0 Å². The third-order valence-electron chi connectivity index (χ3n) is 3.76. The molecule has 0 unspecified atom stereocenters. The molecule has 0 bridgehead atoms. The van der Waals surface area contributed by atoms with Crippen LogP contribution in [-0.2, 0) is 4.79 Å². The van der Waals surface area contributed by atoms with Gasteiger partial charge >= 0.3 is 0 Å². The molecular weight excluding hydrogens is 308 g/mol. The number of amides is 1. The molecule has 1 amide bonds. The zero-order chi connectivity index (χ0) is 16.5. The Kier molecular flexibility index (Phi) is 3.55. The van der Waals surface area contributed by atoms with Crippen molar-refractivity contribution >= 4 is 17.2 Å².